The minimum Gasteiger partial charge on any atom is -0.487 e. The van der Waals surface area contributed by atoms with Crippen LogP contribution in [0.2, 0.25) is 0 Å². The Hall–Kier alpha value is -2.08. The van der Waals surface area contributed by atoms with E-state index in [4.69, 9.17) is 9.47 Å². The van der Waals surface area contributed by atoms with Crippen molar-refractivity contribution in [3.05, 3.63) is 29.8 Å². The maximum absolute atomic E-state index is 12.9. The molecule has 6 nitrogen and oxygen atoms in total. The maximum atomic E-state index is 12.9. The quantitative estimate of drug-likeness (QED) is 0.779. The molecule has 0 aromatic heterocycles. The summed E-state index contributed by atoms with van der Waals surface area (Å²) in [6, 6.07) is 8.13. The van der Waals surface area contributed by atoms with E-state index in [9.17, 15) is 9.59 Å². The van der Waals surface area contributed by atoms with Crippen LogP contribution in [0.5, 0.6) is 5.75 Å². The van der Waals surface area contributed by atoms with Gasteiger partial charge in [-0.2, -0.15) is 0 Å². The lowest BCUT2D eigenvalue weighted by Crippen LogP contribution is -2.53. The number of carbonyl (C=O) groups is 2. The zero-order chi connectivity index (χ0) is 21.8. The molecule has 4 rings (SSSR count). The fourth-order valence-electron chi connectivity index (χ4n) is 5.18. The molecule has 31 heavy (non-hydrogen) atoms. The van der Waals surface area contributed by atoms with Gasteiger partial charge in [-0.3, -0.25) is 9.59 Å². The summed E-state index contributed by atoms with van der Waals surface area (Å²) in [4.78, 5) is 27.6. The first-order chi connectivity index (χ1) is 15.0. The average molecular weight is 429 g/mol. The first kappa shape index (κ1) is 22.1. The fourth-order valence-corrected chi connectivity index (χ4v) is 5.18. The van der Waals surface area contributed by atoms with Crippen molar-refractivity contribution < 1.29 is 19.1 Å². The molecular formula is C25H36N2O4. The predicted molar refractivity (Wildman–Crippen MR) is 119 cm³/mol. The molecule has 1 spiro atoms. The summed E-state index contributed by atoms with van der Waals surface area (Å²) < 4.78 is 12.0. The molecule has 0 unspecified atom stereocenters. The highest BCUT2D eigenvalue weighted by atomic mass is 16.5. The van der Waals surface area contributed by atoms with Gasteiger partial charge >= 0.3 is 0 Å². The van der Waals surface area contributed by atoms with Crippen LogP contribution in [0, 0.1) is 11.8 Å². The van der Waals surface area contributed by atoms with E-state index in [1.807, 2.05) is 23.1 Å². The van der Waals surface area contributed by atoms with Crippen molar-refractivity contribution in [3.63, 3.8) is 0 Å². The monoisotopic (exact) mass is 428 g/mol. The second-order valence-electron chi connectivity index (χ2n) is 9.84. The Morgan fingerprint density at radius 3 is 2.58 bits per heavy atom. The molecule has 2 amide bonds. The van der Waals surface area contributed by atoms with Crippen LogP contribution in [0.15, 0.2) is 24.3 Å². The predicted octanol–water partition coefficient (Wildman–Crippen LogP) is 3.50. The number of para-hydroxylation sites is 1. The highest BCUT2D eigenvalue weighted by Gasteiger charge is 2.44. The van der Waals surface area contributed by atoms with E-state index in [0.29, 0.717) is 32.1 Å². The normalized spacial score (nSPS) is 23.3. The SMILES string of the molecule is CC(C)CNC(=O)C[C@H]1CC2(CCN(C(=O)C3CCOCC3)CC2)Oc2ccccc21. The summed E-state index contributed by atoms with van der Waals surface area (Å²) in [6.07, 6.45) is 4.62. The highest BCUT2D eigenvalue weighted by molar-refractivity contribution is 5.79. The van der Waals surface area contributed by atoms with Gasteiger partial charge in [-0.25, -0.2) is 0 Å². The van der Waals surface area contributed by atoms with Crippen LogP contribution < -0.4 is 10.1 Å². The molecule has 1 aromatic rings. The molecule has 0 saturated carbocycles. The third-order valence-corrected chi connectivity index (χ3v) is 7.00. The van der Waals surface area contributed by atoms with Crippen LogP contribution in [-0.4, -0.2) is 55.2 Å². The molecule has 3 aliphatic rings. The van der Waals surface area contributed by atoms with Gasteiger partial charge in [0, 0.05) is 63.9 Å². The number of hydrogen-bond donors (Lipinski definition) is 1. The number of fused-ring (bicyclic) bond motifs is 1. The molecule has 1 N–H and O–H groups in total. The van der Waals surface area contributed by atoms with E-state index in [1.165, 1.54) is 0 Å². The van der Waals surface area contributed by atoms with Crippen LogP contribution in [0.3, 0.4) is 0 Å². The van der Waals surface area contributed by atoms with Crippen LogP contribution >= 0.6 is 0 Å². The smallest absolute Gasteiger partial charge is 0.225 e. The highest BCUT2D eigenvalue weighted by Crippen LogP contribution is 2.46. The minimum atomic E-state index is -0.288. The summed E-state index contributed by atoms with van der Waals surface area (Å²) in [5.41, 5.74) is 0.845. The summed E-state index contributed by atoms with van der Waals surface area (Å²) in [7, 11) is 0. The topological polar surface area (TPSA) is 67.9 Å². The Morgan fingerprint density at radius 1 is 1.16 bits per heavy atom. The molecule has 1 atom stereocenters. The van der Waals surface area contributed by atoms with E-state index in [1.54, 1.807) is 0 Å². The molecule has 2 saturated heterocycles. The number of piperidine rings is 1. The van der Waals surface area contributed by atoms with E-state index < -0.39 is 0 Å². The molecule has 3 aliphatic heterocycles. The molecule has 2 fully saturated rings. The second kappa shape index (κ2) is 9.60. The first-order valence-corrected chi connectivity index (χ1v) is 11.9. The molecule has 0 bridgehead atoms. The van der Waals surface area contributed by atoms with Gasteiger partial charge in [0.05, 0.1) is 0 Å². The largest absolute Gasteiger partial charge is 0.487 e. The van der Waals surface area contributed by atoms with E-state index in [2.05, 4.69) is 25.2 Å². The molecule has 0 radical (unpaired) electrons. The van der Waals surface area contributed by atoms with Gasteiger partial charge in [-0.1, -0.05) is 32.0 Å². The molecular weight excluding hydrogens is 392 g/mol. The number of nitrogens with one attached hydrogen (secondary N) is 1. The van der Waals surface area contributed by atoms with Crippen molar-refractivity contribution in [3.8, 4) is 5.75 Å². The lowest BCUT2D eigenvalue weighted by Gasteiger charge is -2.47. The molecule has 170 valence electrons. The van der Waals surface area contributed by atoms with E-state index in [-0.39, 0.29) is 29.3 Å². The van der Waals surface area contributed by atoms with Crippen molar-refractivity contribution in [1.82, 2.24) is 10.2 Å². The van der Waals surface area contributed by atoms with Crippen molar-refractivity contribution in [2.24, 2.45) is 11.8 Å². The lowest BCUT2D eigenvalue weighted by molar-refractivity contribution is -0.142. The summed E-state index contributed by atoms with van der Waals surface area (Å²) >= 11 is 0. The number of amides is 2. The van der Waals surface area contributed by atoms with Crippen LogP contribution in [-0.2, 0) is 14.3 Å². The second-order valence-corrected chi connectivity index (χ2v) is 9.84. The number of ether oxygens (including phenoxy) is 2. The number of carbonyl (C=O) groups excluding carboxylic acids is 2. The van der Waals surface area contributed by atoms with Gasteiger partial charge in [0.1, 0.15) is 11.4 Å². The summed E-state index contributed by atoms with van der Waals surface area (Å²) in [6.45, 7) is 7.75. The minimum absolute atomic E-state index is 0.105. The van der Waals surface area contributed by atoms with Crippen molar-refractivity contribution >= 4 is 11.8 Å². The van der Waals surface area contributed by atoms with Gasteiger partial charge in [-0.15, -0.1) is 0 Å². The van der Waals surface area contributed by atoms with Gasteiger partial charge in [0.15, 0.2) is 0 Å². The van der Waals surface area contributed by atoms with Gasteiger partial charge in [0.2, 0.25) is 11.8 Å². The van der Waals surface area contributed by atoms with Crippen LogP contribution in [0.1, 0.15) is 63.9 Å². The first-order valence-electron chi connectivity index (χ1n) is 11.9. The molecule has 0 aliphatic carbocycles. The van der Waals surface area contributed by atoms with Crippen LogP contribution in [0.4, 0.5) is 0 Å². The van der Waals surface area contributed by atoms with E-state index >= 15 is 0 Å². The Bertz CT molecular complexity index is 779. The standard InChI is InChI=1S/C25H36N2O4/c1-18(2)17-26-23(28)15-20-16-25(31-22-6-4-3-5-21(20)22)9-11-27(12-10-25)24(29)19-7-13-30-14-8-19/h3-6,18-20H,7-17H2,1-2H3,(H,26,28)/t20-/m0/s1. The molecule has 6 heteroatoms. The molecule has 1 aromatic carbocycles. The van der Waals surface area contributed by atoms with Crippen molar-refractivity contribution in [1.29, 1.82) is 0 Å². The number of hydrogen-bond acceptors (Lipinski definition) is 4. The Kier molecular flexibility index (Phi) is 6.85. The lowest BCUT2D eigenvalue weighted by atomic mass is 9.76. The van der Waals surface area contributed by atoms with Crippen molar-refractivity contribution in [2.75, 3.05) is 32.8 Å². The fraction of sp³-hybridized carbons (Fsp3) is 0.680. The Balaban J connectivity index is 1.42. The van der Waals surface area contributed by atoms with Gasteiger partial charge in [-0.05, 0) is 36.8 Å². The third-order valence-electron chi connectivity index (χ3n) is 7.00. The average Bonchev–Trinajstić information content (AvgIpc) is 2.78. The number of benzene rings is 1. The zero-order valence-corrected chi connectivity index (χ0v) is 18.9. The van der Waals surface area contributed by atoms with E-state index in [0.717, 1.165) is 56.5 Å². The van der Waals surface area contributed by atoms with Gasteiger partial charge in [0.25, 0.3) is 0 Å². The number of rotatable bonds is 5. The summed E-state index contributed by atoms with van der Waals surface area (Å²) in [5.74, 6) is 1.98. The number of likely N-dealkylation sites (tertiary alicyclic amines) is 1. The van der Waals surface area contributed by atoms with Gasteiger partial charge < -0.3 is 19.7 Å². The van der Waals surface area contributed by atoms with Crippen molar-refractivity contribution in [2.45, 2.75) is 63.9 Å². The van der Waals surface area contributed by atoms with Crippen LogP contribution in [0.25, 0.3) is 0 Å². The Morgan fingerprint density at radius 2 is 1.87 bits per heavy atom. The molecule has 3 heterocycles. The third kappa shape index (κ3) is 5.22. The maximum Gasteiger partial charge on any atom is 0.225 e. The zero-order valence-electron chi connectivity index (χ0n) is 18.9. The number of nitrogens with zero attached hydrogens (tertiary/aromatic N) is 1. The summed E-state index contributed by atoms with van der Waals surface area (Å²) in [5, 5.41) is 3.07. The Labute approximate surface area is 185 Å².